The molecule has 1 aromatic rings. The first-order valence-electron chi connectivity index (χ1n) is 8.61. The Bertz CT molecular complexity index is 453. The van der Waals surface area contributed by atoms with E-state index >= 15 is 0 Å². The van der Waals surface area contributed by atoms with Gasteiger partial charge in [-0.25, -0.2) is 0 Å². The van der Waals surface area contributed by atoms with E-state index in [2.05, 4.69) is 50.4 Å². The molecular formula is C19H29NO. The maximum Gasteiger partial charge on any atom is 0.119 e. The molecule has 0 amide bonds. The van der Waals surface area contributed by atoms with Crippen LogP contribution in [0, 0.1) is 17.8 Å². The van der Waals surface area contributed by atoms with Crippen molar-refractivity contribution in [1.82, 2.24) is 5.32 Å². The molecule has 0 aliphatic heterocycles. The standard InChI is InChI=1S/C19H29NO/c1-13(2)21-18-8-5-15(6-9-18)12-20-14(3)19-11-16-4-7-17(19)10-16/h5-6,8-9,13-14,16-17,19-20H,4,7,10-12H2,1-3H3. The van der Waals surface area contributed by atoms with Crippen molar-refractivity contribution in [3.63, 3.8) is 0 Å². The fourth-order valence-electron chi connectivity index (χ4n) is 4.29. The van der Waals surface area contributed by atoms with Gasteiger partial charge >= 0.3 is 0 Å². The third-order valence-corrected chi connectivity index (χ3v) is 5.36. The van der Waals surface area contributed by atoms with Crippen LogP contribution < -0.4 is 10.1 Å². The Balaban J connectivity index is 1.48. The lowest BCUT2D eigenvalue weighted by Gasteiger charge is -2.28. The Labute approximate surface area is 129 Å². The molecule has 3 rings (SSSR count). The highest BCUT2D eigenvalue weighted by Gasteiger charge is 2.41. The van der Waals surface area contributed by atoms with E-state index in [1.54, 1.807) is 0 Å². The smallest absolute Gasteiger partial charge is 0.119 e. The zero-order chi connectivity index (χ0) is 14.8. The lowest BCUT2D eigenvalue weighted by molar-refractivity contribution is 0.242. The van der Waals surface area contributed by atoms with E-state index < -0.39 is 0 Å². The molecule has 116 valence electrons. The summed E-state index contributed by atoms with van der Waals surface area (Å²) in [6.45, 7) is 7.47. The van der Waals surface area contributed by atoms with Crippen molar-refractivity contribution in [2.75, 3.05) is 0 Å². The van der Waals surface area contributed by atoms with Crippen molar-refractivity contribution in [2.24, 2.45) is 17.8 Å². The molecular weight excluding hydrogens is 258 g/mol. The third-order valence-electron chi connectivity index (χ3n) is 5.36. The number of benzene rings is 1. The van der Waals surface area contributed by atoms with Crippen LogP contribution in [-0.2, 0) is 6.54 Å². The summed E-state index contributed by atoms with van der Waals surface area (Å²) in [6.07, 6.45) is 6.16. The highest BCUT2D eigenvalue weighted by molar-refractivity contribution is 5.27. The van der Waals surface area contributed by atoms with E-state index in [1.165, 1.54) is 31.2 Å². The molecule has 21 heavy (non-hydrogen) atoms. The van der Waals surface area contributed by atoms with Crippen LogP contribution in [0.1, 0.15) is 52.0 Å². The fraction of sp³-hybridized carbons (Fsp3) is 0.684. The first kappa shape index (κ1) is 14.9. The minimum absolute atomic E-state index is 0.242. The van der Waals surface area contributed by atoms with Crippen molar-refractivity contribution >= 4 is 0 Å². The highest BCUT2D eigenvalue weighted by atomic mass is 16.5. The quantitative estimate of drug-likeness (QED) is 0.838. The summed E-state index contributed by atoms with van der Waals surface area (Å²) in [6, 6.07) is 9.17. The molecule has 2 heteroatoms. The van der Waals surface area contributed by atoms with Crippen LogP contribution in [0.3, 0.4) is 0 Å². The lowest BCUT2D eigenvalue weighted by Crippen LogP contribution is -2.35. The summed E-state index contributed by atoms with van der Waals surface area (Å²) in [5.41, 5.74) is 1.35. The van der Waals surface area contributed by atoms with Gasteiger partial charge < -0.3 is 10.1 Å². The summed E-state index contributed by atoms with van der Waals surface area (Å²) < 4.78 is 5.69. The molecule has 0 aromatic heterocycles. The first-order chi connectivity index (χ1) is 10.1. The first-order valence-corrected chi connectivity index (χ1v) is 8.61. The van der Waals surface area contributed by atoms with Crippen molar-refractivity contribution in [3.05, 3.63) is 29.8 Å². The Hall–Kier alpha value is -1.02. The molecule has 2 saturated carbocycles. The maximum atomic E-state index is 5.69. The van der Waals surface area contributed by atoms with Gasteiger partial charge in [0.2, 0.25) is 0 Å². The monoisotopic (exact) mass is 287 g/mol. The number of ether oxygens (including phenoxy) is 1. The minimum Gasteiger partial charge on any atom is -0.491 e. The Kier molecular flexibility index (Phi) is 4.54. The summed E-state index contributed by atoms with van der Waals surface area (Å²) in [4.78, 5) is 0. The highest BCUT2D eigenvalue weighted by Crippen LogP contribution is 2.49. The summed E-state index contributed by atoms with van der Waals surface area (Å²) in [7, 11) is 0. The van der Waals surface area contributed by atoms with E-state index in [4.69, 9.17) is 4.74 Å². The molecule has 2 fully saturated rings. The second kappa shape index (κ2) is 6.39. The molecule has 2 aliphatic carbocycles. The zero-order valence-corrected chi connectivity index (χ0v) is 13.6. The molecule has 1 N–H and O–H groups in total. The van der Waals surface area contributed by atoms with Crippen molar-refractivity contribution in [2.45, 2.75) is 65.1 Å². The van der Waals surface area contributed by atoms with Gasteiger partial charge in [-0.15, -0.1) is 0 Å². The van der Waals surface area contributed by atoms with Gasteiger partial charge in [0.1, 0.15) is 5.75 Å². The van der Waals surface area contributed by atoms with Gasteiger partial charge in [-0.2, -0.15) is 0 Å². The van der Waals surface area contributed by atoms with Gasteiger partial charge in [0.15, 0.2) is 0 Å². The molecule has 1 aromatic carbocycles. The molecule has 0 saturated heterocycles. The normalized spacial score (nSPS) is 29.0. The number of hydrogen-bond acceptors (Lipinski definition) is 2. The van der Waals surface area contributed by atoms with Crippen LogP contribution in [0.25, 0.3) is 0 Å². The van der Waals surface area contributed by atoms with Crippen molar-refractivity contribution in [3.8, 4) is 5.75 Å². The van der Waals surface area contributed by atoms with Gasteiger partial charge in [0.05, 0.1) is 6.10 Å². The molecule has 0 heterocycles. The predicted octanol–water partition coefficient (Wildman–Crippen LogP) is 4.39. The molecule has 4 unspecified atom stereocenters. The van der Waals surface area contributed by atoms with Gasteiger partial charge in [0, 0.05) is 12.6 Å². The van der Waals surface area contributed by atoms with Crippen LogP contribution in [0.4, 0.5) is 0 Å². The van der Waals surface area contributed by atoms with Gasteiger partial charge in [-0.3, -0.25) is 0 Å². The van der Waals surface area contributed by atoms with Crippen LogP contribution in [0.2, 0.25) is 0 Å². The van der Waals surface area contributed by atoms with Crippen LogP contribution in [0.15, 0.2) is 24.3 Å². The van der Waals surface area contributed by atoms with Crippen LogP contribution in [-0.4, -0.2) is 12.1 Å². The molecule has 0 radical (unpaired) electrons. The van der Waals surface area contributed by atoms with Gasteiger partial charge in [0.25, 0.3) is 0 Å². The number of fused-ring (bicyclic) bond motifs is 2. The topological polar surface area (TPSA) is 21.3 Å². The average Bonchev–Trinajstić information content (AvgIpc) is 3.08. The Morgan fingerprint density at radius 1 is 1.10 bits per heavy atom. The SMILES string of the molecule is CC(C)Oc1ccc(CNC(C)C2CC3CCC2C3)cc1. The largest absolute Gasteiger partial charge is 0.491 e. The van der Waals surface area contributed by atoms with Crippen molar-refractivity contribution < 1.29 is 4.74 Å². The van der Waals surface area contributed by atoms with Crippen LogP contribution in [0.5, 0.6) is 5.75 Å². The summed E-state index contributed by atoms with van der Waals surface area (Å²) >= 11 is 0. The van der Waals surface area contributed by atoms with Gasteiger partial charge in [-0.05, 0) is 75.5 Å². The number of hydrogen-bond donors (Lipinski definition) is 1. The molecule has 4 atom stereocenters. The van der Waals surface area contributed by atoms with Gasteiger partial charge in [-0.1, -0.05) is 18.6 Å². The van der Waals surface area contributed by atoms with E-state index in [1.807, 2.05) is 0 Å². The maximum absolute atomic E-state index is 5.69. The second-order valence-corrected chi connectivity index (χ2v) is 7.32. The average molecular weight is 287 g/mol. The number of rotatable bonds is 6. The number of nitrogens with one attached hydrogen (secondary N) is 1. The molecule has 2 nitrogen and oxygen atoms in total. The molecule has 0 spiro atoms. The second-order valence-electron chi connectivity index (χ2n) is 7.32. The minimum atomic E-state index is 0.242. The zero-order valence-electron chi connectivity index (χ0n) is 13.6. The summed E-state index contributed by atoms with van der Waals surface area (Å²) in [5, 5.41) is 3.75. The van der Waals surface area contributed by atoms with E-state index in [-0.39, 0.29) is 6.10 Å². The third kappa shape index (κ3) is 3.60. The Morgan fingerprint density at radius 3 is 2.43 bits per heavy atom. The molecule has 2 aliphatic rings. The van der Waals surface area contributed by atoms with E-state index in [0.29, 0.717) is 6.04 Å². The Morgan fingerprint density at radius 2 is 1.86 bits per heavy atom. The van der Waals surface area contributed by atoms with E-state index in [9.17, 15) is 0 Å². The van der Waals surface area contributed by atoms with E-state index in [0.717, 1.165) is 30.0 Å². The summed E-state index contributed by atoms with van der Waals surface area (Å²) in [5.74, 6) is 3.92. The lowest BCUT2D eigenvalue weighted by atomic mass is 9.84. The van der Waals surface area contributed by atoms with Crippen LogP contribution >= 0.6 is 0 Å². The molecule has 2 bridgehead atoms. The predicted molar refractivity (Wildman–Crippen MR) is 87.4 cm³/mol. The fourth-order valence-corrected chi connectivity index (χ4v) is 4.29. The van der Waals surface area contributed by atoms with Crippen molar-refractivity contribution in [1.29, 1.82) is 0 Å².